The summed E-state index contributed by atoms with van der Waals surface area (Å²) in [5.41, 5.74) is 0.0418. The normalized spacial score (nSPS) is 11.2. The second kappa shape index (κ2) is 6.34. The molecule has 0 amide bonds. The van der Waals surface area contributed by atoms with E-state index in [1.165, 1.54) is 18.2 Å². The maximum absolute atomic E-state index is 12.4. The van der Waals surface area contributed by atoms with Crippen LogP contribution in [-0.4, -0.2) is 38.9 Å². The molecule has 0 atom stereocenters. The summed E-state index contributed by atoms with van der Waals surface area (Å²) >= 11 is 11.7. The molecular formula is C12H12Cl2O5. The third kappa shape index (κ3) is 2.90. The Bertz CT molecular complexity index is 497. The summed E-state index contributed by atoms with van der Waals surface area (Å²) in [7, 11) is 3.43. The van der Waals surface area contributed by atoms with Gasteiger partial charge in [-0.3, -0.25) is 4.79 Å². The van der Waals surface area contributed by atoms with E-state index in [1.807, 2.05) is 0 Å². The highest BCUT2D eigenvalue weighted by atomic mass is 35.5. The number of hydrogen-bond donors (Lipinski definition) is 0. The van der Waals surface area contributed by atoms with E-state index in [-0.39, 0.29) is 10.6 Å². The van der Waals surface area contributed by atoms with E-state index in [0.29, 0.717) is 5.02 Å². The topological polar surface area (TPSA) is 61.8 Å². The Hall–Kier alpha value is -1.14. The Balaban J connectivity index is 3.31. The molecule has 1 rings (SSSR count). The van der Waals surface area contributed by atoms with Crippen molar-refractivity contribution in [1.29, 1.82) is 0 Å². The largest absolute Gasteiger partial charge is 0.465 e. The number of Topliss-reactive ketones (excluding diaryl/α,β-unsaturated/α-hetero) is 1. The van der Waals surface area contributed by atoms with Crippen molar-refractivity contribution in [2.75, 3.05) is 21.3 Å². The highest BCUT2D eigenvalue weighted by Crippen LogP contribution is 2.27. The van der Waals surface area contributed by atoms with Crippen molar-refractivity contribution in [3.63, 3.8) is 0 Å². The van der Waals surface area contributed by atoms with Crippen LogP contribution in [0, 0.1) is 0 Å². The van der Waals surface area contributed by atoms with Gasteiger partial charge in [0.25, 0.3) is 0 Å². The predicted molar refractivity (Wildman–Crippen MR) is 69.6 cm³/mol. The number of methoxy groups -OCH3 is 3. The maximum atomic E-state index is 12.4. The van der Waals surface area contributed by atoms with Gasteiger partial charge in [-0.2, -0.15) is 0 Å². The van der Waals surface area contributed by atoms with Crippen molar-refractivity contribution in [1.82, 2.24) is 0 Å². The molecule has 1 aromatic rings. The van der Waals surface area contributed by atoms with E-state index in [0.717, 1.165) is 21.3 Å². The van der Waals surface area contributed by atoms with Gasteiger partial charge in [-0.05, 0) is 18.2 Å². The average Bonchev–Trinajstić information content (AvgIpc) is 2.40. The molecule has 1 aromatic carbocycles. The third-order valence-corrected chi connectivity index (χ3v) is 3.05. The van der Waals surface area contributed by atoms with Gasteiger partial charge in [0.15, 0.2) is 0 Å². The molecule has 0 aromatic heterocycles. The van der Waals surface area contributed by atoms with E-state index < -0.39 is 17.5 Å². The van der Waals surface area contributed by atoms with Gasteiger partial charge >= 0.3 is 11.8 Å². The molecular weight excluding hydrogens is 295 g/mol. The summed E-state index contributed by atoms with van der Waals surface area (Å²) < 4.78 is 14.3. The fourth-order valence-electron chi connectivity index (χ4n) is 1.51. The second-order valence-electron chi connectivity index (χ2n) is 3.47. The van der Waals surface area contributed by atoms with Gasteiger partial charge in [0.2, 0.25) is 5.78 Å². The number of halogens is 2. The monoisotopic (exact) mass is 306 g/mol. The predicted octanol–water partition coefficient (Wildman–Crippen LogP) is 2.34. The van der Waals surface area contributed by atoms with Crippen LogP contribution in [-0.2, 0) is 19.0 Å². The number of carbonyl (C=O) groups is 2. The van der Waals surface area contributed by atoms with Crippen LogP contribution >= 0.6 is 23.2 Å². The maximum Gasteiger partial charge on any atom is 0.375 e. The molecule has 0 heterocycles. The van der Waals surface area contributed by atoms with Crippen molar-refractivity contribution >= 4 is 35.0 Å². The number of benzene rings is 1. The van der Waals surface area contributed by atoms with Gasteiger partial charge in [-0.25, -0.2) is 4.79 Å². The zero-order chi connectivity index (χ0) is 14.6. The summed E-state index contributed by atoms with van der Waals surface area (Å²) in [6.45, 7) is 0. The lowest BCUT2D eigenvalue weighted by molar-refractivity contribution is -0.206. The Kier molecular flexibility index (Phi) is 5.31. The molecule has 0 aliphatic carbocycles. The molecule has 0 radical (unpaired) electrons. The number of esters is 1. The van der Waals surface area contributed by atoms with Crippen molar-refractivity contribution < 1.29 is 23.8 Å². The van der Waals surface area contributed by atoms with Gasteiger partial charge in [0.05, 0.1) is 12.1 Å². The lowest BCUT2D eigenvalue weighted by atomic mass is 10.0. The van der Waals surface area contributed by atoms with Crippen LogP contribution in [0.2, 0.25) is 10.0 Å². The minimum absolute atomic E-state index is 0.0418. The third-order valence-electron chi connectivity index (χ3n) is 2.50. The molecule has 0 saturated heterocycles. The molecule has 0 aliphatic rings. The molecule has 0 bridgehead atoms. The lowest BCUT2D eigenvalue weighted by Crippen LogP contribution is -2.51. The molecule has 0 N–H and O–H groups in total. The van der Waals surface area contributed by atoms with Crippen molar-refractivity contribution in [3.05, 3.63) is 33.8 Å². The van der Waals surface area contributed by atoms with Crippen molar-refractivity contribution in [3.8, 4) is 0 Å². The van der Waals surface area contributed by atoms with E-state index in [2.05, 4.69) is 4.74 Å². The van der Waals surface area contributed by atoms with Crippen molar-refractivity contribution in [2.24, 2.45) is 0 Å². The number of hydrogen-bond acceptors (Lipinski definition) is 5. The van der Waals surface area contributed by atoms with Gasteiger partial charge in [0, 0.05) is 24.8 Å². The van der Waals surface area contributed by atoms with Crippen LogP contribution in [0.5, 0.6) is 0 Å². The molecule has 0 aliphatic heterocycles. The van der Waals surface area contributed by atoms with Gasteiger partial charge in [0.1, 0.15) is 0 Å². The zero-order valence-electron chi connectivity index (χ0n) is 10.5. The van der Waals surface area contributed by atoms with Gasteiger partial charge in [-0.15, -0.1) is 0 Å². The summed E-state index contributed by atoms with van der Waals surface area (Å²) in [6, 6.07) is 4.22. The minimum atomic E-state index is -2.19. The van der Waals surface area contributed by atoms with E-state index in [4.69, 9.17) is 32.7 Å². The molecule has 0 spiro atoms. The molecule has 104 valence electrons. The van der Waals surface area contributed by atoms with Crippen molar-refractivity contribution in [2.45, 2.75) is 5.79 Å². The van der Waals surface area contributed by atoms with Gasteiger partial charge in [-0.1, -0.05) is 23.2 Å². The quantitative estimate of drug-likeness (QED) is 0.362. The number of ketones is 1. The number of rotatable bonds is 5. The molecule has 19 heavy (non-hydrogen) atoms. The summed E-state index contributed by atoms with van der Waals surface area (Å²) in [5, 5.41) is 0.444. The number of carbonyl (C=O) groups excluding carboxylic acids is 2. The first-order chi connectivity index (χ1) is 8.92. The van der Waals surface area contributed by atoms with Crippen LogP contribution in [0.3, 0.4) is 0 Å². The first kappa shape index (κ1) is 15.9. The smallest absolute Gasteiger partial charge is 0.375 e. The van der Waals surface area contributed by atoms with Crippen LogP contribution in [0.15, 0.2) is 18.2 Å². The molecule has 0 fully saturated rings. The van der Waals surface area contributed by atoms with Gasteiger partial charge < -0.3 is 14.2 Å². The standard InChI is InChI=1S/C12H12Cl2O5/c1-17-11(16)12(18-2,19-3)10(15)8-5-4-7(13)6-9(8)14/h4-6H,1-3H3. The number of ether oxygens (including phenoxy) is 3. The fourth-order valence-corrected chi connectivity index (χ4v) is 2.01. The molecule has 0 unspecified atom stereocenters. The van der Waals surface area contributed by atoms with Crippen LogP contribution < -0.4 is 0 Å². The minimum Gasteiger partial charge on any atom is -0.465 e. The Morgan fingerprint density at radius 1 is 1.11 bits per heavy atom. The molecule has 5 nitrogen and oxygen atoms in total. The molecule has 7 heteroatoms. The summed E-state index contributed by atoms with van der Waals surface area (Å²) in [5.74, 6) is -3.94. The Morgan fingerprint density at radius 3 is 2.11 bits per heavy atom. The van der Waals surface area contributed by atoms with Crippen LogP contribution in [0.25, 0.3) is 0 Å². The lowest BCUT2D eigenvalue weighted by Gasteiger charge is -2.26. The molecule has 0 saturated carbocycles. The first-order valence-electron chi connectivity index (χ1n) is 5.11. The fraction of sp³-hybridized carbons (Fsp3) is 0.333. The average molecular weight is 307 g/mol. The zero-order valence-corrected chi connectivity index (χ0v) is 12.0. The summed E-state index contributed by atoms with van der Waals surface area (Å²) in [6.07, 6.45) is 0. The second-order valence-corrected chi connectivity index (χ2v) is 4.31. The van der Waals surface area contributed by atoms with Crippen LogP contribution in [0.4, 0.5) is 0 Å². The van der Waals surface area contributed by atoms with Crippen LogP contribution in [0.1, 0.15) is 10.4 Å². The summed E-state index contributed by atoms with van der Waals surface area (Å²) in [4.78, 5) is 24.1. The SMILES string of the molecule is COC(=O)C(OC)(OC)C(=O)c1ccc(Cl)cc1Cl. The Morgan fingerprint density at radius 2 is 1.68 bits per heavy atom. The highest BCUT2D eigenvalue weighted by Gasteiger charge is 2.49. The Labute approximate surface area is 120 Å². The van der Waals surface area contributed by atoms with E-state index >= 15 is 0 Å². The highest BCUT2D eigenvalue weighted by molar-refractivity contribution is 6.37. The van der Waals surface area contributed by atoms with E-state index in [9.17, 15) is 9.59 Å². The van der Waals surface area contributed by atoms with E-state index in [1.54, 1.807) is 0 Å². The first-order valence-corrected chi connectivity index (χ1v) is 5.87.